The molecule has 0 spiro atoms. The first-order valence-electron chi connectivity index (χ1n) is 7.34. The van der Waals surface area contributed by atoms with Crippen molar-refractivity contribution < 1.29 is 19.4 Å². The Kier molecular flexibility index (Phi) is 5.20. The van der Waals surface area contributed by atoms with Gasteiger partial charge in [-0.2, -0.15) is 0 Å². The van der Waals surface area contributed by atoms with Gasteiger partial charge in [0, 0.05) is 31.0 Å². The zero-order valence-electron chi connectivity index (χ0n) is 13.3. The Labute approximate surface area is 129 Å². The lowest BCUT2D eigenvalue weighted by molar-refractivity contribution is -0.138. The number of hydrogen-bond donors (Lipinski definition) is 2. The number of morpholine rings is 1. The third-order valence-electron chi connectivity index (χ3n) is 3.73. The van der Waals surface area contributed by atoms with Gasteiger partial charge < -0.3 is 19.7 Å². The second-order valence-corrected chi connectivity index (χ2v) is 5.83. The summed E-state index contributed by atoms with van der Waals surface area (Å²) in [5, 5.41) is 8.78. The molecule has 1 amide bonds. The number of carbonyl (C=O) groups is 2. The standard InChI is InChI=1S/C15H23N3O4/c1-10-6-13(11(2)16-10)15(21)18-4-5-22-12(8-18)7-17(3)9-14(19)20/h6,12,16H,4-5,7-9H2,1-3H3,(H,19,20). The van der Waals surface area contributed by atoms with E-state index in [4.69, 9.17) is 9.84 Å². The molecule has 1 aliphatic rings. The first-order chi connectivity index (χ1) is 10.4. The number of aromatic nitrogens is 1. The average Bonchev–Trinajstić information content (AvgIpc) is 2.76. The van der Waals surface area contributed by atoms with Gasteiger partial charge in [0.15, 0.2) is 0 Å². The van der Waals surface area contributed by atoms with Crippen LogP contribution >= 0.6 is 0 Å². The minimum absolute atomic E-state index is 0.00367. The van der Waals surface area contributed by atoms with Gasteiger partial charge in [-0.25, -0.2) is 0 Å². The van der Waals surface area contributed by atoms with E-state index in [2.05, 4.69) is 4.98 Å². The summed E-state index contributed by atoms with van der Waals surface area (Å²) in [6.45, 7) is 5.77. The lowest BCUT2D eigenvalue weighted by Gasteiger charge is -2.34. The fourth-order valence-corrected chi connectivity index (χ4v) is 2.77. The van der Waals surface area contributed by atoms with E-state index in [1.54, 1.807) is 16.8 Å². The van der Waals surface area contributed by atoms with Crippen molar-refractivity contribution in [2.45, 2.75) is 20.0 Å². The van der Waals surface area contributed by atoms with Crippen LogP contribution in [0.15, 0.2) is 6.07 Å². The highest BCUT2D eigenvalue weighted by Gasteiger charge is 2.27. The summed E-state index contributed by atoms with van der Waals surface area (Å²) in [6.07, 6.45) is -0.164. The summed E-state index contributed by atoms with van der Waals surface area (Å²) in [7, 11) is 1.73. The topological polar surface area (TPSA) is 85.9 Å². The summed E-state index contributed by atoms with van der Waals surface area (Å²) in [5.74, 6) is -0.874. The van der Waals surface area contributed by atoms with Crippen LogP contribution in [-0.2, 0) is 9.53 Å². The third kappa shape index (κ3) is 4.08. The van der Waals surface area contributed by atoms with Gasteiger partial charge in [0.05, 0.1) is 24.8 Å². The number of hydrogen-bond acceptors (Lipinski definition) is 4. The molecule has 2 rings (SSSR count). The summed E-state index contributed by atoms with van der Waals surface area (Å²) in [5.41, 5.74) is 2.53. The third-order valence-corrected chi connectivity index (χ3v) is 3.73. The van der Waals surface area contributed by atoms with Crippen molar-refractivity contribution in [1.82, 2.24) is 14.8 Å². The number of carbonyl (C=O) groups excluding carboxylic acids is 1. The Bertz CT molecular complexity index is 555. The van der Waals surface area contributed by atoms with Gasteiger partial charge in [-0.3, -0.25) is 14.5 Å². The average molecular weight is 309 g/mol. The molecule has 1 aromatic heterocycles. The van der Waals surface area contributed by atoms with E-state index in [9.17, 15) is 9.59 Å². The predicted molar refractivity (Wildman–Crippen MR) is 81.0 cm³/mol. The number of carboxylic acids is 1. The summed E-state index contributed by atoms with van der Waals surface area (Å²) < 4.78 is 5.65. The number of amides is 1. The lowest BCUT2D eigenvalue weighted by atomic mass is 10.2. The predicted octanol–water partition coefficient (Wildman–Crippen LogP) is 0.489. The number of aliphatic carboxylic acids is 1. The van der Waals surface area contributed by atoms with Crippen LogP contribution in [0.3, 0.4) is 0 Å². The van der Waals surface area contributed by atoms with Gasteiger partial charge in [0.2, 0.25) is 0 Å². The van der Waals surface area contributed by atoms with E-state index < -0.39 is 5.97 Å². The monoisotopic (exact) mass is 309 g/mol. The number of nitrogens with zero attached hydrogens (tertiary/aromatic N) is 2. The second-order valence-electron chi connectivity index (χ2n) is 5.83. The Morgan fingerprint density at radius 2 is 2.23 bits per heavy atom. The molecule has 1 aromatic rings. The quantitative estimate of drug-likeness (QED) is 0.827. The molecule has 2 N–H and O–H groups in total. The van der Waals surface area contributed by atoms with Crippen molar-refractivity contribution in [1.29, 1.82) is 0 Å². The zero-order chi connectivity index (χ0) is 16.3. The first-order valence-corrected chi connectivity index (χ1v) is 7.34. The fraction of sp³-hybridized carbons (Fsp3) is 0.600. The molecule has 22 heavy (non-hydrogen) atoms. The van der Waals surface area contributed by atoms with E-state index >= 15 is 0 Å². The maximum absolute atomic E-state index is 12.6. The number of ether oxygens (including phenoxy) is 1. The highest BCUT2D eigenvalue weighted by Crippen LogP contribution is 2.15. The molecule has 1 fully saturated rings. The number of aromatic amines is 1. The Balaban J connectivity index is 1.96. The molecular weight excluding hydrogens is 286 g/mol. The van der Waals surface area contributed by atoms with E-state index in [1.165, 1.54) is 0 Å². The molecular formula is C15H23N3O4. The molecule has 1 atom stereocenters. The number of rotatable bonds is 5. The molecule has 0 radical (unpaired) electrons. The van der Waals surface area contributed by atoms with E-state index in [0.717, 1.165) is 11.4 Å². The molecule has 1 aliphatic heterocycles. The van der Waals surface area contributed by atoms with Gasteiger partial charge in [-0.1, -0.05) is 0 Å². The number of nitrogens with one attached hydrogen (secondary N) is 1. The normalized spacial score (nSPS) is 18.7. The summed E-state index contributed by atoms with van der Waals surface area (Å²) >= 11 is 0. The van der Waals surface area contributed by atoms with Crippen molar-refractivity contribution in [3.63, 3.8) is 0 Å². The van der Waals surface area contributed by atoms with Gasteiger partial charge >= 0.3 is 5.97 Å². The maximum atomic E-state index is 12.6. The Morgan fingerprint density at radius 3 is 2.82 bits per heavy atom. The number of H-pyrrole nitrogens is 1. The van der Waals surface area contributed by atoms with E-state index in [0.29, 0.717) is 31.8 Å². The first kappa shape index (κ1) is 16.5. The van der Waals surface area contributed by atoms with Crippen LogP contribution in [0.25, 0.3) is 0 Å². The molecule has 7 nitrogen and oxygen atoms in total. The Hall–Kier alpha value is -1.86. The maximum Gasteiger partial charge on any atom is 0.317 e. The second kappa shape index (κ2) is 6.93. The molecule has 2 heterocycles. The number of carboxylic acid groups (broad SMARTS) is 1. The van der Waals surface area contributed by atoms with Crippen molar-refractivity contribution in [2.75, 3.05) is 39.8 Å². The van der Waals surface area contributed by atoms with Gasteiger partial charge in [-0.05, 0) is 27.0 Å². The summed E-state index contributed by atoms with van der Waals surface area (Å²) in [6, 6.07) is 1.86. The molecule has 1 saturated heterocycles. The van der Waals surface area contributed by atoms with Crippen LogP contribution in [0.4, 0.5) is 0 Å². The number of likely N-dealkylation sites (N-methyl/N-ethyl adjacent to an activating group) is 1. The van der Waals surface area contributed by atoms with Crippen LogP contribution in [0, 0.1) is 13.8 Å². The Morgan fingerprint density at radius 1 is 1.50 bits per heavy atom. The molecule has 0 saturated carbocycles. The minimum atomic E-state index is -0.871. The van der Waals surface area contributed by atoms with Gasteiger partial charge in [0.25, 0.3) is 5.91 Å². The van der Waals surface area contributed by atoms with Crippen molar-refractivity contribution in [3.05, 3.63) is 23.0 Å². The summed E-state index contributed by atoms with van der Waals surface area (Å²) in [4.78, 5) is 29.9. The number of aryl methyl sites for hydroxylation is 2. The van der Waals surface area contributed by atoms with Crippen LogP contribution in [0.2, 0.25) is 0 Å². The lowest BCUT2D eigenvalue weighted by Crippen LogP contribution is -2.49. The molecule has 122 valence electrons. The molecule has 0 aliphatic carbocycles. The zero-order valence-corrected chi connectivity index (χ0v) is 13.3. The van der Waals surface area contributed by atoms with E-state index in [1.807, 2.05) is 19.9 Å². The van der Waals surface area contributed by atoms with Crippen LogP contribution in [0.1, 0.15) is 21.7 Å². The SMILES string of the molecule is Cc1cc(C(=O)N2CCOC(CN(C)CC(=O)O)C2)c(C)[nH]1. The van der Waals surface area contributed by atoms with Crippen molar-refractivity contribution in [3.8, 4) is 0 Å². The molecule has 7 heteroatoms. The van der Waals surface area contributed by atoms with Gasteiger partial charge in [0.1, 0.15) is 0 Å². The van der Waals surface area contributed by atoms with Gasteiger partial charge in [-0.15, -0.1) is 0 Å². The van der Waals surface area contributed by atoms with Crippen LogP contribution in [0.5, 0.6) is 0 Å². The van der Waals surface area contributed by atoms with Crippen molar-refractivity contribution >= 4 is 11.9 Å². The molecule has 0 bridgehead atoms. The van der Waals surface area contributed by atoms with Crippen LogP contribution in [-0.4, -0.2) is 77.7 Å². The highest BCUT2D eigenvalue weighted by molar-refractivity contribution is 5.95. The van der Waals surface area contributed by atoms with E-state index in [-0.39, 0.29) is 18.6 Å². The fourth-order valence-electron chi connectivity index (χ4n) is 2.77. The highest BCUT2D eigenvalue weighted by atomic mass is 16.5. The molecule has 1 unspecified atom stereocenters. The smallest absolute Gasteiger partial charge is 0.317 e. The largest absolute Gasteiger partial charge is 0.480 e. The molecule has 0 aromatic carbocycles. The minimum Gasteiger partial charge on any atom is -0.480 e. The van der Waals surface area contributed by atoms with Crippen LogP contribution < -0.4 is 0 Å². The van der Waals surface area contributed by atoms with Crippen molar-refractivity contribution in [2.24, 2.45) is 0 Å².